The molecule has 3 N–H and O–H groups in total. The van der Waals surface area contributed by atoms with Gasteiger partial charge in [0.05, 0.1) is 5.02 Å². The SMILES string of the molecule is Cc1ccc(C(=N)N)c(Sc2ncccc2Cl)c1. The summed E-state index contributed by atoms with van der Waals surface area (Å²) in [6.07, 6.45) is 1.69. The Morgan fingerprint density at radius 2 is 2.17 bits per heavy atom. The largest absolute Gasteiger partial charge is 0.384 e. The van der Waals surface area contributed by atoms with E-state index in [4.69, 9.17) is 22.7 Å². The van der Waals surface area contributed by atoms with Crippen LogP contribution >= 0.6 is 23.4 Å². The fourth-order valence-corrected chi connectivity index (χ4v) is 2.74. The molecule has 0 amide bonds. The van der Waals surface area contributed by atoms with Gasteiger partial charge < -0.3 is 5.73 Å². The third kappa shape index (κ3) is 2.83. The minimum absolute atomic E-state index is 0.0459. The Hall–Kier alpha value is -1.52. The summed E-state index contributed by atoms with van der Waals surface area (Å²) in [5.41, 5.74) is 7.38. The minimum atomic E-state index is 0.0459. The van der Waals surface area contributed by atoms with Gasteiger partial charge >= 0.3 is 0 Å². The van der Waals surface area contributed by atoms with E-state index in [1.54, 1.807) is 18.3 Å². The van der Waals surface area contributed by atoms with Crippen molar-refractivity contribution in [3.63, 3.8) is 0 Å². The number of hydrogen-bond acceptors (Lipinski definition) is 3. The number of nitrogens with one attached hydrogen (secondary N) is 1. The number of rotatable bonds is 3. The van der Waals surface area contributed by atoms with E-state index in [0.717, 1.165) is 10.5 Å². The van der Waals surface area contributed by atoms with E-state index in [1.807, 2.05) is 25.1 Å². The van der Waals surface area contributed by atoms with Gasteiger partial charge in [-0.15, -0.1) is 0 Å². The van der Waals surface area contributed by atoms with Gasteiger partial charge in [0.1, 0.15) is 10.9 Å². The summed E-state index contributed by atoms with van der Waals surface area (Å²) < 4.78 is 0. The lowest BCUT2D eigenvalue weighted by atomic mass is 10.1. The van der Waals surface area contributed by atoms with Crippen LogP contribution in [0, 0.1) is 12.3 Å². The molecule has 3 nitrogen and oxygen atoms in total. The van der Waals surface area contributed by atoms with E-state index in [1.165, 1.54) is 11.8 Å². The van der Waals surface area contributed by atoms with Crippen LogP contribution in [0.25, 0.3) is 0 Å². The topological polar surface area (TPSA) is 62.8 Å². The van der Waals surface area contributed by atoms with Crippen LogP contribution < -0.4 is 5.73 Å². The average Bonchev–Trinajstić information content (AvgIpc) is 2.32. The lowest BCUT2D eigenvalue weighted by molar-refractivity contribution is 1.13. The van der Waals surface area contributed by atoms with Gasteiger partial charge in [0, 0.05) is 16.7 Å². The number of aromatic nitrogens is 1. The molecule has 1 aromatic heterocycles. The van der Waals surface area contributed by atoms with Crippen LogP contribution in [0.5, 0.6) is 0 Å². The maximum atomic E-state index is 7.58. The van der Waals surface area contributed by atoms with E-state index < -0.39 is 0 Å². The van der Waals surface area contributed by atoms with Crippen LogP contribution in [0.2, 0.25) is 5.02 Å². The highest BCUT2D eigenvalue weighted by Gasteiger charge is 2.10. The van der Waals surface area contributed by atoms with Gasteiger partial charge in [0.25, 0.3) is 0 Å². The van der Waals surface area contributed by atoms with Crippen LogP contribution in [0.4, 0.5) is 0 Å². The Bertz CT molecular complexity index is 599. The van der Waals surface area contributed by atoms with E-state index in [9.17, 15) is 0 Å². The molecule has 0 radical (unpaired) electrons. The fourth-order valence-electron chi connectivity index (χ4n) is 1.49. The first-order valence-electron chi connectivity index (χ1n) is 5.31. The second kappa shape index (κ2) is 5.42. The van der Waals surface area contributed by atoms with E-state index in [0.29, 0.717) is 15.6 Å². The van der Waals surface area contributed by atoms with Gasteiger partial charge in [0.15, 0.2) is 0 Å². The maximum Gasteiger partial charge on any atom is 0.123 e. The lowest BCUT2D eigenvalue weighted by Gasteiger charge is -2.09. The molecule has 0 spiro atoms. The summed E-state index contributed by atoms with van der Waals surface area (Å²) in [6.45, 7) is 1.99. The number of nitrogens with zero attached hydrogens (tertiary/aromatic N) is 1. The van der Waals surface area contributed by atoms with Crippen LogP contribution in [0.15, 0.2) is 46.5 Å². The Labute approximate surface area is 115 Å². The second-order valence-corrected chi connectivity index (χ2v) is 5.24. The quantitative estimate of drug-likeness (QED) is 0.667. The normalized spacial score (nSPS) is 10.3. The number of halogens is 1. The number of amidine groups is 1. The van der Waals surface area contributed by atoms with Crippen molar-refractivity contribution in [2.24, 2.45) is 5.73 Å². The lowest BCUT2D eigenvalue weighted by Crippen LogP contribution is -2.12. The number of hydrogen-bond donors (Lipinski definition) is 2. The third-order valence-electron chi connectivity index (χ3n) is 2.36. The molecule has 5 heteroatoms. The third-order valence-corrected chi connectivity index (χ3v) is 3.85. The molecule has 0 bridgehead atoms. The predicted octanol–water partition coefficient (Wildman–Crippen LogP) is 3.48. The molecule has 2 rings (SSSR count). The Kier molecular flexibility index (Phi) is 3.89. The van der Waals surface area contributed by atoms with Crippen LogP contribution in [0.1, 0.15) is 11.1 Å². The Morgan fingerprint density at radius 3 is 2.83 bits per heavy atom. The van der Waals surface area contributed by atoms with Crippen molar-refractivity contribution in [2.45, 2.75) is 16.8 Å². The molecule has 0 aliphatic carbocycles. The molecule has 0 unspecified atom stereocenters. The monoisotopic (exact) mass is 277 g/mol. The van der Waals surface area contributed by atoms with Gasteiger partial charge in [0.2, 0.25) is 0 Å². The van der Waals surface area contributed by atoms with E-state index in [-0.39, 0.29) is 5.84 Å². The van der Waals surface area contributed by atoms with Crippen molar-refractivity contribution in [3.8, 4) is 0 Å². The standard InChI is InChI=1S/C13H12ClN3S/c1-8-4-5-9(12(15)16)11(7-8)18-13-10(14)3-2-6-17-13/h2-7H,1H3,(H3,15,16). The summed E-state index contributed by atoms with van der Waals surface area (Å²) in [5, 5.41) is 8.89. The van der Waals surface area contributed by atoms with Gasteiger partial charge in [-0.3, -0.25) is 5.41 Å². The first-order valence-corrected chi connectivity index (χ1v) is 6.51. The average molecular weight is 278 g/mol. The molecule has 18 heavy (non-hydrogen) atoms. The molecule has 0 aliphatic heterocycles. The zero-order chi connectivity index (χ0) is 13.1. The molecule has 1 heterocycles. The molecule has 2 aromatic rings. The molecule has 0 fully saturated rings. The summed E-state index contributed by atoms with van der Waals surface area (Å²) in [4.78, 5) is 5.12. The molecule has 0 aliphatic rings. The molecule has 0 saturated carbocycles. The zero-order valence-corrected chi connectivity index (χ0v) is 11.3. The number of pyridine rings is 1. The molecule has 92 valence electrons. The summed E-state index contributed by atoms with van der Waals surface area (Å²) in [5.74, 6) is 0.0459. The number of nitrogens with two attached hydrogens (primary N) is 1. The van der Waals surface area contributed by atoms with E-state index >= 15 is 0 Å². The van der Waals surface area contributed by atoms with Gasteiger partial charge in [-0.1, -0.05) is 29.4 Å². The molecule has 0 atom stereocenters. The van der Waals surface area contributed by atoms with Crippen molar-refractivity contribution in [3.05, 3.63) is 52.7 Å². The van der Waals surface area contributed by atoms with Gasteiger partial charge in [-0.25, -0.2) is 4.98 Å². The maximum absolute atomic E-state index is 7.58. The highest BCUT2D eigenvalue weighted by molar-refractivity contribution is 7.99. The van der Waals surface area contributed by atoms with Crippen molar-refractivity contribution in [1.82, 2.24) is 4.98 Å². The van der Waals surface area contributed by atoms with Crippen molar-refractivity contribution in [1.29, 1.82) is 5.41 Å². The highest BCUT2D eigenvalue weighted by Crippen LogP contribution is 2.33. The van der Waals surface area contributed by atoms with Crippen molar-refractivity contribution < 1.29 is 0 Å². The molecular formula is C13H12ClN3S. The van der Waals surface area contributed by atoms with E-state index in [2.05, 4.69) is 4.98 Å². The van der Waals surface area contributed by atoms with Crippen molar-refractivity contribution >= 4 is 29.2 Å². The summed E-state index contributed by atoms with van der Waals surface area (Å²) in [7, 11) is 0. The van der Waals surface area contributed by atoms with Crippen LogP contribution in [0.3, 0.4) is 0 Å². The Balaban J connectivity index is 2.42. The fraction of sp³-hybridized carbons (Fsp3) is 0.0769. The summed E-state index contributed by atoms with van der Waals surface area (Å²) >= 11 is 7.50. The minimum Gasteiger partial charge on any atom is -0.384 e. The molecule has 0 saturated heterocycles. The smallest absolute Gasteiger partial charge is 0.123 e. The van der Waals surface area contributed by atoms with Crippen LogP contribution in [-0.2, 0) is 0 Å². The zero-order valence-electron chi connectivity index (χ0n) is 9.77. The highest BCUT2D eigenvalue weighted by atomic mass is 35.5. The summed E-state index contributed by atoms with van der Waals surface area (Å²) in [6, 6.07) is 9.33. The molecular weight excluding hydrogens is 266 g/mol. The first kappa shape index (κ1) is 12.9. The van der Waals surface area contributed by atoms with Crippen molar-refractivity contribution in [2.75, 3.05) is 0 Å². The first-order chi connectivity index (χ1) is 8.58. The van der Waals surface area contributed by atoms with Crippen LogP contribution in [-0.4, -0.2) is 10.8 Å². The predicted molar refractivity (Wildman–Crippen MR) is 75.6 cm³/mol. The van der Waals surface area contributed by atoms with Gasteiger partial charge in [-0.05, 0) is 36.8 Å². The Morgan fingerprint density at radius 1 is 1.39 bits per heavy atom. The number of aryl methyl sites for hydroxylation is 1. The molecule has 1 aromatic carbocycles. The number of nitrogen functional groups attached to an aromatic ring is 1. The van der Waals surface area contributed by atoms with Gasteiger partial charge in [-0.2, -0.15) is 0 Å². The number of benzene rings is 1. The second-order valence-electron chi connectivity index (χ2n) is 3.81.